The molecule has 2 heterocycles. The van der Waals surface area contributed by atoms with Gasteiger partial charge in [0.15, 0.2) is 0 Å². The molecule has 0 spiro atoms. The number of rotatable bonds is 8. The Kier molecular flexibility index (Phi) is 7.65. The quantitative estimate of drug-likeness (QED) is 0.476. The average Bonchev–Trinajstić information content (AvgIpc) is 2.99. The van der Waals surface area contributed by atoms with Crippen LogP contribution in [0.25, 0.3) is 5.57 Å². The summed E-state index contributed by atoms with van der Waals surface area (Å²) in [5.74, 6) is 1.63. The Morgan fingerprint density at radius 3 is 2.76 bits per heavy atom. The maximum Gasteiger partial charge on any atom is 0.131 e. The van der Waals surface area contributed by atoms with Crippen LogP contribution in [0, 0.1) is 0 Å². The van der Waals surface area contributed by atoms with E-state index in [4.69, 9.17) is 21.1 Å². The predicted molar refractivity (Wildman–Crippen MR) is 132 cm³/mol. The molecule has 0 fully saturated rings. The smallest absolute Gasteiger partial charge is 0.131 e. The molecule has 5 nitrogen and oxygen atoms in total. The fraction of sp³-hybridized carbons (Fsp3) is 0.296. The van der Waals surface area contributed by atoms with E-state index in [9.17, 15) is 5.11 Å². The summed E-state index contributed by atoms with van der Waals surface area (Å²) in [4.78, 5) is 6.77. The molecule has 4 rings (SSSR count). The van der Waals surface area contributed by atoms with Gasteiger partial charge in [0.2, 0.25) is 0 Å². The molecule has 33 heavy (non-hydrogen) atoms. The van der Waals surface area contributed by atoms with Crippen LogP contribution < -0.4 is 9.47 Å². The molecule has 0 radical (unpaired) electrons. The molecule has 0 saturated heterocycles. The predicted octanol–water partition coefficient (Wildman–Crippen LogP) is 5.51. The Balaban J connectivity index is 1.45. The lowest BCUT2D eigenvalue weighted by Crippen LogP contribution is -2.22. The number of benzene rings is 2. The Bertz CT molecular complexity index is 1110. The lowest BCUT2D eigenvalue weighted by molar-refractivity contribution is 0.149. The van der Waals surface area contributed by atoms with Crippen molar-refractivity contribution in [2.45, 2.75) is 25.6 Å². The van der Waals surface area contributed by atoms with E-state index in [2.05, 4.69) is 29.1 Å². The van der Waals surface area contributed by atoms with Crippen LogP contribution in [0.4, 0.5) is 0 Å². The fourth-order valence-corrected chi connectivity index (χ4v) is 4.14. The lowest BCUT2D eigenvalue weighted by atomic mass is 9.95. The average molecular weight is 465 g/mol. The first-order valence-electron chi connectivity index (χ1n) is 11.1. The van der Waals surface area contributed by atoms with E-state index in [-0.39, 0.29) is 0 Å². The largest absolute Gasteiger partial charge is 0.497 e. The summed E-state index contributed by atoms with van der Waals surface area (Å²) in [6.07, 6.45) is 5.07. The Morgan fingerprint density at radius 2 is 1.97 bits per heavy atom. The Hall–Kier alpha value is -2.86. The van der Waals surface area contributed by atoms with Crippen LogP contribution in [0.15, 0.2) is 66.9 Å². The zero-order chi connectivity index (χ0) is 23.2. The van der Waals surface area contributed by atoms with E-state index in [0.717, 1.165) is 59.0 Å². The van der Waals surface area contributed by atoms with Crippen molar-refractivity contribution >= 4 is 17.2 Å². The maximum absolute atomic E-state index is 10.5. The van der Waals surface area contributed by atoms with E-state index in [0.29, 0.717) is 18.1 Å². The van der Waals surface area contributed by atoms with Crippen molar-refractivity contribution in [3.8, 4) is 11.5 Å². The molecule has 172 valence electrons. The van der Waals surface area contributed by atoms with Crippen molar-refractivity contribution in [3.63, 3.8) is 0 Å². The van der Waals surface area contributed by atoms with E-state index >= 15 is 0 Å². The standard InChI is InChI=1S/C27H29ClN2O3/c1-30(16-13-26(31)19-7-9-20(28)10-8-19)15-4-6-22-23-5-3-14-29-25(23)18-33-27-12-11-21(32-2)17-24(22)27/h3,5-12,14,17,26,31H,4,13,15-16,18H2,1-2H3/b22-6-. The van der Waals surface area contributed by atoms with Crippen LogP contribution in [0.5, 0.6) is 11.5 Å². The van der Waals surface area contributed by atoms with E-state index in [1.807, 2.05) is 48.5 Å². The normalized spacial score (nSPS) is 14.9. The number of methoxy groups -OCH3 is 1. The van der Waals surface area contributed by atoms with Gasteiger partial charge in [-0.05, 0) is 67.4 Å². The second-order valence-electron chi connectivity index (χ2n) is 8.21. The highest BCUT2D eigenvalue weighted by Crippen LogP contribution is 2.38. The molecule has 1 aliphatic rings. The highest BCUT2D eigenvalue weighted by Gasteiger charge is 2.20. The van der Waals surface area contributed by atoms with Gasteiger partial charge in [-0.1, -0.05) is 35.9 Å². The second kappa shape index (κ2) is 10.8. The first-order valence-corrected chi connectivity index (χ1v) is 11.5. The van der Waals surface area contributed by atoms with Crippen LogP contribution in [-0.4, -0.2) is 42.2 Å². The van der Waals surface area contributed by atoms with Crippen molar-refractivity contribution in [1.82, 2.24) is 9.88 Å². The summed E-state index contributed by atoms with van der Waals surface area (Å²) in [6, 6.07) is 17.3. The van der Waals surface area contributed by atoms with Crippen molar-refractivity contribution in [2.24, 2.45) is 0 Å². The fourth-order valence-electron chi connectivity index (χ4n) is 4.02. The van der Waals surface area contributed by atoms with Gasteiger partial charge in [0, 0.05) is 35.4 Å². The van der Waals surface area contributed by atoms with Crippen LogP contribution in [0.2, 0.25) is 5.02 Å². The topological polar surface area (TPSA) is 54.8 Å². The molecule has 6 heteroatoms. The molecule has 1 N–H and O–H groups in total. The van der Waals surface area contributed by atoms with E-state index in [1.165, 1.54) is 0 Å². The first-order chi connectivity index (χ1) is 16.0. The van der Waals surface area contributed by atoms with Crippen molar-refractivity contribution in [1.29, 1.82) is 0 Å². The van der Waals surface area contributed by atoms with Crippen molar-refractivity contribution in [3.05, 3.63) is 94.3 Å². The number of halogens is 1. The Labute approximate surface area is 200 Å². The number of fused-ring (bicyclic) bond motifs is 2. The molecule has 1 aliphatic heterocycles. The number of aliphatic hydroxyl groups excluding tert-OH is 1. The molecule has 0 aliphatic carbocycles. The summed E-state index contributed by atoms with van der Waals surface area (Å²) in [7, 11) is 3.75. The van der Waals surface area contributed by atoms with Crippen molar-refractivity contribution in [2.75, 3.05) is 27.2 Å². The third-order valence-corrected chi connectivity index (χ3v) is 6.17. The van der Waals surface area contributed by atoms with Crippen LogP contribution in [-0.2, 0) is 6.61 Å². The lowest BCUT2D eigenvalue weighted by Gasteiger charge is -2.19. The van der Waals surface area contributed by atoms with Gasteiger partial charge in [-0.15, -0.1) is 0 Å². The summed E-state index contributed by atoms with van der Waals surface area (Å²) in [6.45, 7) is 2.10. The van der Waals surface area contributed by atoms with Crippen LogP contribution in [0.1, 0.15) is 41.3 Å². The molecule has 1 aromatic heterocycles. The number of ether oxygens (including phenoxy) is 2. The van der Waals surface area contributed by atoms with Crippen molar-refractivity contribution < 1.29 is 14.6 Å². The minimum absolute atomic E-state index is 0.440. The van der Waals surface area contributed by atoms with E-state index < -0.39 is 6.10 Å². The Morgan fingerprint density at radius 1 is 1.15 bits per heavy atom. The maximum atomic E-state index is 10.5. The van der Waals surface area contributed by atoms with Gasteiger partial charge in [-0.3, -0.25) is 4.98 Å². The van der Waals surface area contributed by atoms with Crippen LogP contribution >= 0.6 is 11.6 Å². The van der Waals surface area contributed by atoms with Gasteiger partial charge >= 0.3 is 0 Å². The van der Waals surface area contributed by atoms with E-state index in [1.54, 1.807) is 13.3 Å². The first kappa shape index (κ1) is 23.3. The highest BCUT2D eigenvalue weighted by atomic mass is 35.5. The van der Waals surface area contributed by atoms with Crippen LogP contribution in [0.3, 0.4) is 0 Å². The SMILES string of the molecule is COc1ccc2c(c1)/C(=C\CCN(C)CCC(O)c1ccc(Cl)cc1)c1cccnc1CO2. The minimum atomic E-state index is -0.501. The molecular formula is C27H29ClN2O3. The molecule has 2 aromatic carbocycles. The molecule has 3 aromatic rings. The van der Waals surface area contributed by atoms with Gasteiger partial charge < -0.3 is 19.5 Å². The second-order valence-corrected chi connectivity index (χ2v) is 8.65. The summed E-state index contributed by atoms with van der Waals surface area (Å²) < 4.78 is 11.5. The number of nitrogens with zero attached hydrogens (tertiary/aromatic N) is 2. The molecule has 0 saturated carbocycles. The monoisotopic (exact) mass is 464 g/mol. The van der Waals surface area contributed by atoms with Gasteiger partial charge in [-0.25, -0.2) is 0 Å². The van der Waals surface area contributed by atoms with Gasteiger partial charge in [0.1, 0.15) is 18.1 Å². The minimum Gasteiger partial charge on any atom is -0.497 e. The number of aliphatic hydroxyl groups is 1. The molecule has 1 atom stereocenters. The number of hydrogen-bond donors (Lipinski definition) is 1. The third kappa shape index (κ3) is 5.74. The molecular weight excluding hydrogens is 436 g/mol. The molecule has 0 bridgehead atoms. The third-order valence-electron chi connectivity index (χ3n) is 5.92. The highest BCUT2D eigenvalue weighted by molar-refractivity contribution is 6.30. The summed E-state index contributed by atoms with van der Waals surface area (Å²) in [5.41, 5.74) is 5.03. The molecule has 1 unspecified atom stereocenters. The summed E-state index contributed by atoms with van der Waals surface area (Å²) in [5, 5.41) is 11.2. The van der Waals surface area contributed by atoms with Gasteiger partial charge in [0.25, 0.3) is 0 Å². The zero-order valence-electron chi connectivity index (χ0n) is 19.0. The zero-order valence-corrected chi connectivity index (χ0v) is 19.8. The molecule has 0 amide bonds. The number of hydrogen-bond acceptors (Lipinski definition) is 5. The van der Waals surface area contributed by atoms with Gasteiger partial charge in [-0.2, -0.15) is 0 Å². The summed E-state index contributed by atoms with van der Waals surface area (Å²) >= 11 is 5.94. The number of aromatic nitrogens is 1. The number of pyridine rings is 1. The van der Waals surface area contributed by atoms with Gasteiger partial charge in [0.05, 0.1) is 18.9 Å².